The summed E-state index contributed by atoms with van der Waals surface area (Å²) in [7, 11) is 0. The van der Waals surface area contributed by atoms with Crippen LogP contribution in [0.5, 0.6) is 11.5 Å². The Morgan fingerprint density at radius 1 is 0.750 bits per heavy atom. The van der Waals surface area contributed by atoms with Crippen LogP contribution in [0.3, 0.4) is 0 Å². The molecular formula is C22H30O2. The van der Waals surface area contributed by atoms with Gasteiger partial charge in [-0.1, -0.05) is 82.2 Å². The van der Waals surface area contributed by atoms with E-state index in [2.05, 4.69) is 13.0 Å². The maximum absolute atomic E-state index is 9.43. The third kappa shape index (κ3) is 6.27. The van der Waals surface area contributed by atoms with Crippen molar-refractivity contribution >= 4 is 0 Å². The largest absolute Gasteiger partial charge is 0.508 e. The fourth-order valence-electron chi connectivity index (χ4n) is 2.89. The van der Waals surface area contributed by atoms with Crippen molar-refractivity contribution in [3.8, 4) is 22.6 Å². The molecule has 0 amide bonds. The Hall–Kier alpha value is -1.96. The number of ether oxygens (including phenoxy) is 1. The molecule has 130 valence electrons. The molecule has 2 heteroatoms. The van der Waals surface area contributed by atoms with Crippen molar-refractivity contribution < 1.29 is 9.84 Å². The number of phenols is 1. The molecule has 0 aromatic heterocycles. The van der Waals surface area contributed by atoms with Crippen molar-refractivity contribution in [3.63, 3.8) is 0 Å². The highest BCUT2D eigenvalue weighted by Gasteiger charge is 2.05. The molecule has 0 spiro atoms. The highest BCUT2D eigenvalue weighted by molar-refractivity contribution is 5.70. The number of rotatable bonds is 11. The lowest BCUT2D eigenvalue weighted by molar-refractivity contribution is 0.305. The zero-order valence-corrected chi connectivity index (χ0v) is 14.8. The van der Waals surface area contributed by atoms with E-state index in [0.29, 0.717) is 0 Å². The SMILES string of the molecule is CCCCCCCCCCOc1ccccc1-c1ccc(O)cc1. The van der Waals surface area contributed by atoms with E-state index in [1.54, 1.807) is 12.1 Å². The predicted molar refractivity (Wildman–Crippen MR) is 102 cm³/mol. The van der Waals surface area contributed by atoms with E-state index in [4.69, 9.17) is 4.74 Å². The van der Waals surface area contributed by atoms with E-state index in [9.17, 15) is 5.11 Å². The van der Waals surface area contributed by atoms with E-state index in [1.165, 1.54) is 44.9 Å². The van der Waals surface area contributed by atoms with Gasteiger partial charge < -0.3 is 9.84 Å². The molecule has 0 fully saturated rings. The van der Waals surface area contributed by atoms with Crippen LogP contribution in [0.15, 0.2) is 48.5 Å². The van der Waals surface area contributed by atoms with Gasteiger partial charge in [-0.15, -0.1) is 0 Å². The Kier molecular flexibility index (Phi) is 8.23. The quantitative estimate of drug-likeness (QED) is 0.473. The Morgan fingerprint density at radius 3 is 2.08 bits per heavy atom. The molecule has 0 bridgehead atoms. The second-order valence-corrected chi connectivity index (χ2v) is 6.37. The summed E-state index contributed by atoms with van der Waals surface area (Å²) < 4.78 is 6.00. The number of hydrogen-bond donors (Lipinski definition) is 1. The molecule has 0 saturated heterocycles. The van der Waals surface area contributed by atoms with Gasteiger partial charge >= 0.3 is 0 Å². The Morgan fingerprint density at radius 2 is 1.38 bits per heavy atom. The molecule has 0 heterocycles. The number of phenolic OH excluding ortho intramolecular Hbond substituents is 1. The smallest absolute Gasteiger partial charge is 0.127 e. The van der Waals surface area contributed by atoms with E-state index < -0.39 is 0 Å². The molecule has 0 unspecified atom stereocenters. The van der Waals surface area contributed by atoms with Gasteiger partial charge in [0.05, 0.1) is 6.61 Å². The summed E-state index contributed by atoms with van der Waals surface area (Å²) in [5.41, 5.74) is 2.15. The lowest BCUT2D eigenvalue weighted by atomic mass is 10.0. The predicted octanol–water partition coefficient (Wildman–Crippen LogP) is 6.58. The van der Waals surface area contributed by atoms with Crippen LogP contribution in [0.2, 0.25) is 0 Å². The average Bonchev–Trinajstić information content (AvgIpc) is 2.61. The summed E-state index contributed by atoms with van der Waals surface area (Å²) in [6.07, 6.45) is 10.5. The third-order valence-corrected chi connectivity index (χ3v) is 4.32. The zero-order chi connectivity index (χ0) is 17.0. The number of hydrogen-bond acceptors (Lipinski definition) is 2. The molecule has 0 aliphatic carbocycles. The maximum atomic E-state index is 9.43. The highest BCUT2D eigenvalue weighted by atomic mass is 16.5. The first-order chi connectivity index (χ1) is 11.8. The topological polar surface area (TPSA) is 29.5 Å². The van der Waals surface area contributed by atoms with Crippen LogP contribution >= 0.6 is 0 Å². The molecule has 0 saturated carbocycles. The van der Waals surface area contributed by atoms with Crippen LogP contribution in [-0.4, -0.2) is 11.7 Å². The second kappa shape index (κ2) is 10.7. The minimum absolute atomic E-state index is 0.288. The van der Waals surface area contributed by atoms with E-state index in [-0.39, 0.29) is 5.75 Å². The molecule has 2 nitrogen and oxygen atoms in total. The van der Waals surface area contributed by atoms with Crippen molar-refractivity contribution in [2.45, 2.75) is 58.3 Å². The van der Waals surface area contributed by atoms with Gasteiger partial charge in [-0.2, -0.15) is 0 Å². The van der Waals surface area contributed by atoms with Gasteiger partial charge in [0.15, 0.2) is 0 Å². The van der Waals surface area contributed by atoms with Crippen molar-refractivity contribution in [3.05, 3.63) is 48.5 Å². The minimum Gasteiger partial charge on any atom is -0.508 e. The van der Waals surface area contributed by atoms with Gasteiger partial charge in [0.1, 0.15) is 11.5 Å². The summed E-state index contributed by atoms with van der Waals surface area (Å²) in [4.78, 5) is 0. The molecule has 2 aromatic carbocycles. The standard InChI is InChI=1S/C22H30O2/c1-2-3-4-5-6-7-8-11-18-24-22-13-10-9-12-21(22)19-14-16-20(23)17-15-19/h9-10,12-17,23H,2-8,11,18H2,1H3. The monoisotopic (exact) mass is 326 g/mol. The summed E-state index contributed by atoms with van der Waals surface area (Å²) in [5.74, 6) is 1.21. The first-order valence-corrected chi connectivity index (χ1v) is 9.32. The number of para-hydroxylation sites is 1. The van der Waals surface area contributed by atoms with Crippen molar-refractivity contribution in [2.24, 2.45) is 0 Å². The molecule has 2 rings (SSSR count). The second-order valence-electron chi connectivity index (χ2n) is 6.37. The zero-order valence-electron chi connectivity index (χ0n) is 14.8. The molecule has 0 radical (unpaired) electrons. The normalized spacial score (nSPS) is 10.7. The molecule has 0 aliphatic rings. The van der Waals surface area contributed by atoms with Gasteiger partial charge in [0.25, 0.3) is 0 Å². The molecule has 2 aromatic rings. The lowest BCUT2D eigenvalue weighted by Gasteiger charge is -2.12. The van der Waals surface area contributed by atoms with Gasteiger partial charge in [-0.25, -0.2) is 0 Å². The first-order valence-electron chi connectivity index (χ1n) is 9.32. The van der Waals surface area contributed by atoms with Gasteiger partial charge in [-0.3, -0.25) is 0 Å². The lowest BCUT2D eigenvalue weighted by Crippen LogP contribution is -1.98. The third-order valence-electron chi connectivity index (χ3n) is 4.32. The summed E-state index contributed by atoms with van der Waals surface area (Å²) >= 11 is 0. The van der Waals surface area contributed by atoms with E-state index >= 15 is 0 Å². The summed E-state index contributed by atoms with van der Waals surface area (Å²) in [6.45, 7) is 3.03. The molecule has 1 N–H and O–H groups in total. The van der Waals surface area contributed by atoms with Crippen molar-refractivity contribution in [2.75, 3.05) is 6.61 Å². The Balaban J connectivity index is 1.74. The van der Waals surface area contributed by atoms with E-state index in [0.717, 1.165) is 29.9 Å². The highest BCUT2D eigenvalue weighted by Crippen LogP contribution is 2.30. The first kappa shape index (κ1) is 18.4. The van der Waals surface area contributed by atoms with Gasteiger partial charge in [-0.05, 0) is 30.2 Å². The van der Waals surface area contributed by atoms with Crippen LogP contribution in [0.4, 0.5) is 0 Å². The number of unbranched alkanes of at least 4 members (excludes halogenated alkanes) is 7. The van der Waals surface area contributed by atoms with Crippen LogP contribution in [0, 0.1) is 0 Å². The van der Waals surface area contributed by atoms with Crippen molar-refractivity contribution in [1.29, 1.82) is 0 Å². The molecule has 24 heavy (non-hydrogen) atoms. The van der Waals surface area contributed by atoms with Crippen LogP contribution < -0.4 is 4.74 Å². The van der Waals surface area contributed by atoms with Crippen LogP contribution in [0.1, 0.15) is 58.3 Å². The molecule has 0 aliphatic heterocycles. The molecular weight excluding hydrogens is 296 g/mol. The maximum Gasteiger partial charge on any atom is 0.127 e. The van der Waals surface area contributed by atoms with Gasteiger partial charge in [0.2, 0.25) is 0 Å². The van der Waals surface area contributed by atoms with Crippen LogP contribution in [-0.2, 0) is 0 Å². The summed E-state index contributed by atoms with van der Waals surface area (Å²) in [5, 5.41) is 9.43. The number of aromatic hydroxyl groups is 1. The minimum atomic E-state index is 0.288. The fourth-order valence-corrected chi connectivity index (χ4v) is 2.89. The average molecular weight is 326 g/mol. The number of benzene rings is 2. The van der Waals surface area contributed by atoms with Crippen LogP contribution in [0.25, 0.3) is 11.1 Å². The Bertz CT molecular complexity index is 575. The molecule has 0 atom stereocenters. The Labute approximate surface area is 146 Å². The fraction of sp³-hybridized carbons (Fsp3) is 0.455. The van der Waals surface area contributed by atoms with Gasteiger partial charge in [0, 0.05) is 5.56 Å². The van der Waals surface area contributed by atoms with E-state index in [1.807, 2.05) is 30.3 Å². The summed E-state index contributed by atoms with van der Waals surface area (Å²) in [6, 6.07) is 15.4. The van der Waals surface area contributed by atoms with Crippen molar-refractivity contribution in [1.82, 2.24) is 0 Å².